The molecule has 5 heteroatoms. The van der Waals surface area contributed by atoms with Gasteiger partial charge in [0.05, 0.1) is 11.0 Å². The number of nitrogens with two attached hydrogens (primary N) is 1. The predicted molar refractivity (Wildman–Crippen MR) is 83.5 cm³/mol. The van der Waals surface area contributed by atoms with Crippen LogP contribution in [0.2, 0.25) is 0 Å². The molecule has 3 N–H and O–H groups in total. The van der Waals surface area contributed by atoms with Gasteiger partial charge in [0.2, 0.25) is 0 Å². The van der Waals surface area contributed by atoms with Crippen molar-refractivity contribution < 1.29 is 0 Å². The van der Waals surface area contributed by atoms with Crippen LogP contribution >= 0.6 is 0 Å². The second-order valence-electron chi connectivity index (χ2n) is 5.21. The summed E-state index contributed by atoms with van der Waals surface area (Å²) in [5, 5.41) is 0. The SMILES string of the molecule is Cn1c(CC(Cc2cccnc2)NN)nc2ccccc21. The van der Waals surface area contributed by atoms with E-state index >= 15 is 0 Å². The Kier molecular flexibility index (Phi) is 3.94. The summed E-state index contributed by atoms with van der Waals surface area (Å²) in [7, 11) is 2.04. The van der Waals surface area contributed by atoms with Gasteiger partial charge in [0.25, 0.3) is 0 Å². The molecule has 2 aromatic heterocycles. The van der Waals surface area contributed by atoms with Crippen molar-refractivity contribution in [3.05, 3.63) is 60.2 Å². The fourth-order valence-electron chi connectivity index (χ4n) is 2.59. The van der Waals surface area contributed by atoms with Crippen LogP contribution < -0.4 is 11.3 Å². The summed E-state index contributed by atoms with van der Waals surface area (Å²) in [6.07, 6.45) is 5.25. The number of para-hydroxylation sites is 2. The topological polar surface area (TPSA) is 68.8 Å². The van der Waals surface area contributed by atoms with Gasteiger partial charge >= 0.3 is 0 Å². The summed E-state index contributed by atoms with van der Waals surface area (Å²) in [6.45, 7) is 0. The Morgan fingerprint density at radius 2 is 2.05 bits per heavy atom. The van der Waals surface area contributed by atoms with Crippen LogP contribution in [-0.4, -0.2) is 20.6 Å². The molecule has 0 saturated carbocycles. The molecule has 5 nitrogen and oxygen atoms in total. The van der Waals surface area contributed by atoms with E-state index < -0.39 is 0 Å². The van der Waals surface area contributed by atoms with Crippen molar-refractivity contribution in [2.45, 2.75) is 18.9 Å². The number of benzene rings is 1. The van der Waals surface area contributed by atoms with E-state index in [1.807, 2.05) is 37.5 Å². The van der Waals surface area contributed by atoms with Crippen molar-refractivity contribution in [2.75, 3.05) is 0 Å². The van der Waals surface area contributed by atoms with Crippen molar-refractivity contribution in [1.29, 1.82) is 0 Å². The largest absolute Gasteiger partial charge is 0.331 e. The van der Waals surface area contributed by atoms with Crippen molar-refractivity contribution in [3.63, 3.8) is 0 Å². The van der Waals surface area contributed by atoms with Gasteiger partial charge in [0, 0.05) is 31.9 Å². The Morgan fingerprint density at radius 1 is 1.19 bits per heavy atom. The Bertz CT molecular complexity index is 720. The third-order valence-electron chi connectivity index (χ3n) is 3.75. The van der Waals surface area contributed by atoms with E-state index in [2.05, 4.69) is 27.1 Å². The minimum Gasteiger partial charge on any atom is -0.331 e. The first-order chi connectivity index (χ1) is 10.3. The van der Waals surface area contributed by atoms with Crippen molar-refractivity contribution in [2.24, 2.45) is 12.9 Å². The zero-order chi connectivity index (χ0) is 14.7. The van der Waals surface area contributed by atoms with Gasteiger partial charge in [-0.1, -0.05) is 18.2 Å². The zero-order valence-electron chi connectivity index (χ0n) is 12.0. The normalized spacial score (nSPS) is 12.7. The standard InChI is InChI=1S/C16H19N5/c1-21-15-7-3-2-6-14(15)19-16(21)10-13(20-17)9-12-5-4-8-18-11-12/h2-8,11,13,20H,9-10,17H2,1H3. The quantitative estimate of drug-likeness (QED) is 0.550. The number of aromatic nitrogens is 3. The molecule has 0 fully saturated rings. The second kappa shape index (κ2) is 6.03. The first kappa shape index (κ1) is 13.7. The summed E-state index contributed by atoms with van der Waals surface area (Å²) in [4.78, 5) is 8.84. The molecule has 0 aliphatic rings. The highest BCUT2D eigenvalue weighted by molar-refractivity contribution is 5.75. The zero-order valence-corrected chi connectivity index (χ0v) is 12.0. The van der Waals surface area contributed by atoms with Gasteiger partial charge in [-0.3, -0.25) is 16.3 Å². The molecule has 0 bridgehead atoms. The minimum atomic E-state index is 0.129. The summed E-state index contributed by atoms with van der Waals surface area (Å²) in [5.41, 5.74) is 6.22. The first-order valence-electron chi connectivity index (χ1n) is 7.03. The molecule has 3 aromatic rings. The highest BCUT2D eigenvalue weighted by Crippen LogP contribution is 2.16. The number of nitrogens with zero attached hydrogens (tertiary/aromatic N) is 3. The van der Waals surface area contributed by atoms with E-state index in [4.69, 9.17) is 10.8 Å². The number of fused-ring (bicyclic) bond motifs is 1. The lowest BCUT2D eigenvalue weighted by Gasteiger charge is -2.15. The number of rotatable bonds is 5. The molecule has 0 radical (unpaired) electrons. The van der Waals surface area contributed by atoms with Crippen LogP contribution in [0.25, 0.3) is 11.0 Å². The Morgan fingerprint density at radius 3 is 2.76 bits per heavy atom. The molecule has 1 unspecified atom stereocenters. The van der Waals surface area contributed by atoms with Gasteiger partial charge in [0.15, 0.2) is 0 Å². The van der Waals surface area contributed by atoms with Crippen molar-refractivity contribution in [1.82, 2.24) is 20.0 Å². The molecule has 1 aromatic carbocycles. The molecular formula is C16H19N5. The van der Waals surface area contributed by atoms with Crippen LogP contribution in [0.1, 0.15) is 11.4 Å². The third-order valence-corrected chi connectivity index (χ3v) is 3.75. The lowest BCUT2D eigenvalue weighted by Crippen LogP contribution is -2.39. The molecule has 21 heavy (non-hydrogen) atoms. The van der Waals surface area contributed by atoms with Gasteiger partial charge in [-0.2, -0.15) is 0 Å². The lowest BCUT2D eigenvalue weighted by atomic mass is 10.1. The summed E-state index contributed by atoms with van der Waals surface area (Å²) < 4.78 is 2.13. The van der Waals surface area contributed by atoms with Crippen molar-refractivity contribution in [3.8, 4) is 0 Å². The van der Waals surface area contributed by atoms with E-state index in [0.717, 1.165) is 29.7 Å². The molecule has 0 aliphatic carbocycles. The summed E-state index contributed by atoms with van der Waals surface area (Å²) in [5.74, 6) is 6.74. The van der Waals surface area contributed by atoms with Crippen LogP contribution in [0.5, 0.6) is 0 Å². The number of hydrogen-bond acceptors (Lipinski definition) is 4. The average Bonchev–Trinajstić information content (AvgIpc) is 2.84. The molecule has 3 rings (SSSR count). The number of hydrogen-bond donors (Lipinski definition) is 2. The fraction of sp³-hybridized carbons (Fsp3) is 0.250. The lowest BCUT2D eigenvalue weighted by molar-refractivity contribution is 0.505. The van der Waals surface area contributed by atoms with Crippen LogP contribution in [-0.2, 0) is 19.9 Å². The number of hydrazine groups is 1. The van der Waals surface area contributed by atoms with Gasteiger partial charge in [-0.25, -0.2) is 4.98 Å². The van der Waals surface area contributed by atoms with Gasteiger partial charge in [-0.05, 0) is 30.2 Å². The van der Waals surface area contributed by atoms with Gasteiger partial charge in [-0.15, -0.1) is 0 Å². The first-order valence-corrected chi connectivity index (χ1v) is 7.03. The molecule has 1 atom stereocenters. The van der Waals surface area contributed by atoms with E-state index in [1.165, 1.54) is 5.56 Å². The summed E-state index contributed by atoms with van der Waals surface area (Å²) in [6, 6.07) is 12.3. The highest BCUT2D eigenvalue weighted by Gasteiger charge is 2.14. The smallest absolute Gasteiger partial charge is 0.111 e. The Hall–Kier alpha value is -2.24. The molecule has 0 spiro atoms. The molecule has 2 heterocycles. The number of pyridine rings is 1. The molecule has 0 amide bonds. The maximum absolute atomic E-state index is 5.71. The molecular weight excluding hydrogens is 262 g/mol. The number of aryl methyl sites for hydroxylation is 1. The monoisotopic (exact) mass is 281 g/mol. The predicted octanol–water partition coefficient (Wildman–Crippen LogP) is 1.59. The second-order valence-corrected chi connectivity index (χ2v) is 5.21. The summed E-state index contributed by atoms with van der Waals surface area (Å²) >= 11 is 0. The number of imidazole rings is 1. The van der Waals surface area contributed by atoms with Crippen molar-refractivity contribution >= 4 is 11.0 Å². The maximum Gasteiger partial charge on any atom is 0.111 e. The van der Waals surface area contributed by atoms with Crippen LogP contribution in [0.3, 0.4) is 0 Å². The maximum atomic E-state index is 5.71. The highest BCUT2D eigenvalue weighted by atomic mass is 15.2. The van der Waals surface area contributed by atoms with Gasteiger partial charge in [0.1, 0.15) is 5.82 Å². The number of nitrogens with one attached hydrogen (secondary N) is 1. The van der Waals surface area contributed by atoms with Crippen LogP contribution in [0, 0.1) is 0 Å². The molecule has 0 aliphatic heterocycles. The average molecular weight is 281 g/mol. The van der Waals surface area contributed by atoms with E-state index in [1.54, 1.807) is 6.20 Å². The van der Waals surface area contributed by atoms with Gasteiger partial charge < -0.3 is 4.57 Å². The van der Waals surface area contributed by atoms with Crippen LogP contribution in [0.15, 0.2) is 48.8 Å². The minimum absolute atomic E-state index is 0.129. The molecule has 108 valence electrons. The third kappa shape index (κ3) is 2.94. The Labute approximate surface area is 123 Å². The fourth-order valence-corrected chi connectivity index (χ4v) is 2.59. The molecule has 0 saturated heterocycles. The van der Waals surface area contributed by atoms with E-state index in [-0.39, 0.29) is 6.04 Å². The van der Waals surface area contributed by atoms with E-state index in [9.17, 15) is 0 Å². The van der Waals surface area contributed by atoms with Crippen LogP contribution in [0.4, 0.5) is 0 Å². The van der Waals surface area contributed by atoms with E-state index in [0.29, 0.717) is 0 Å². The Balaban J connectivity index is 1.81.